The molecule has 1 atom stereocenters. The number of ether oxygens (including phenoxy) is 1. The second-order valence-corrected chi connectivity index (χ2v) is 3.94. The Morgan fingerprint density at radius 3 is 2.57 bits per heavy atom. The molecule has 1 saturated heterocycles. The Morgan fingerprint density at radius 1 is 1.50 bits per heavy atom. The molecule has 0 radical (unpaired) electrons. The lowest BCUT2D eigenvalue weighted by Crippen LogP contribution is -2.48. The van der Waals surface area contributed by atoms with E-state index in [1.165, 1.54) is 12.8 Å². The van der Waals surface area contributed by atoms with Gasteiger partial charge in [-0.05, 0) is 25.7 Å². The molecule has 1 heterocycles. The maximum absolute atomic E-state index is 5.72. The third-order valence-electron chi connectivity index (χ3n) is 3.62. The molecule has 0 amide bonds. The number of methoxy groups -OCH3 is 1. The molecule has 0 spiro atoms. The van der Waals surface area contributed by atoms with Crippen molar-refractivity contribution in [3.8, 4) is 0 Å². The zero-order valence-electron chi connectivity index (χ0n) is 9.62. The number of hydrazone groups is 1. The van der Waals surface area contributed by atoms with E-state index in [0.717, 1.165) is 19.4 Å². The van der Waals surface area contributed by atoms with Gasteiger partial charge in [-0.15, -0.1) is 0 Å². The predicted molar refractivity (Wildman–Crippen MR) is 59.6 cm³/mol. The first-order valence-corrected chi connectivity index (χ1v) is 5.52. The lowest BCUT2D eigenvalue weighted by atomic mass is 9.87. The quantitative estimate of drug-likeness (QED) is 0.633. The highest BCUT2D eigenvalue weighted by Crippen LogP contribution is 2.34. The molecule has 14 heavy (non-hydrogen) atoms. The van der Waals surface area contributed by atoms with Crippen LogP contribution in [0.5, 0.6) is 0 Å². The summed E-state index contributed by atoms with van der Waals surface area (Å²) in [6, 6.07) is 0.417. The third kappa shape index (κ3) is 1.78. The van der Waals surface area contributed by atoms with E-state index in [2.05, 4.69) is 30.7 Å². The van der Waals surface area contributed by atoms with Gasteiger partial charge in [0, 0.05) is 20.4 Å². The minimum Gasteiger partial charge on any atom is -0.376 e. The molecule has 1 aliphatic heterocycles. The second kappa shape index (κ2) is 4.78. The molecule has 0 aromatic carbocycles. The van der Waals surface area contributed by atoms with Crippen LogP contribution in [0, 0.1) is 0 Å². The van der Waals surface area contributed by atoms with Gasteiger partial charge >= 0.3 is 0 Å². The van der Waals surface area contributed by atoms with Gasteiger partial charge in [-0.1, -0.05) is 13.8 Å². The first kappa shape index (κ1) is 11.5. The molecular weight excluding hydrogens is 176 g/mol. The molecule has 82 valence electrons. The topological polar surface area (TPSA) is 24.8 Å². The Labute approximate surface area is 87.1 Å². The molecule has 0 aliphatic carbocycles. The van der Waals surface area contributed by atoms with Gasteiger partial charge in [-0.25, -0.2) is 0 Å². The fourth-order valence-corrected chi connectivity index (χ4v) is 2.60. The molecule has 1 fully saturated rings. The van der Waals surface area contributed by atoms with Crippen LogP contribution in [0.2, 0.25) is 0 Å². The average Bonchev–Trinajstić information content (AvgIpc) is 2.70. The number of nitrogens with zero attached hydrogens (tertiary/aromatic N) is 2. The van der Waals surface area contributed by atoms with Crippen molar-refractivity contribution in [2.75, 3.05) is 13.7 Å². The van der Waals surface area contributed by atoms with Crippen LogP contribution in [-0.4, -0.2) is 37.0 Å². The van der Waals surface area contributed by atoms with Crippen LogP contribution in [0.25, 0.3) is 0 Å². The van der Waals surface area contributed by atoms with Gasteiger partial charge in [0.2, 0.25) is 0 Å². The lowest BCUT2D eigenvalue weighted by Gasteiger charge is -2.39. The standard InChI is InChI=1S/C11H22N2O/c1-5-11(6-2,14-4)10-8-7-9-13(10)12-3/h10H,3,5-9H2,1-2,4H3/t10-/m0/s1. The monoisotopic (exact) mass is 198 g/mol. The Hall–Kier alpha value is -0.570. The SMILES string of the molecule is C=NN1CCC[C@H]1C(CC)(CC)OC. The Kier molecular flexibility index (Phi) is 3.93. The highest BCUT2D eigenvalue weighted by Gasteiger charge is 2.41. The first-order chi connectivity index (χ1) is 6.74. The summed E-state index contributed by atoms with van der Waals surface area (Å²) in [6.07, 6.45) is 4.46. The summed E-state index contributed by atoms with van der Waals surface area (Å²) in [5.41, 5.74) is -0.0301. The van der Waals surface area contributed by atoms with Crippen molar-refractivity contribution in [3.63, 3.8) is 0 Å². The maximum Gasteiger partial charge on any atom is 0.0892 e. The molecule has 0 unspecified atom stereocenters. The fourth-order valence-electron chi connectivity index (χ4n) is 2.60. The largest absolute Gasteiger partial charge is 0.376 e. The van der Waals surface area contributed by atoms with Crippen LogP contribution < -0.4 is 0 Å². The fraction of sp³-hybridized carbons (Fsp3) is 0.909. The van der Waals surface area contributed by atoms with Gasteiger partial charge in [0.25, 0.3) is 0 Å². The van der Waals surface area contributed by atoms with E-state index in [1.54, 1.807) is 0 Å². The van der Waals surface area contributed by atoms with E-state index in [-0.39, 0.29) is 5.60 Å². The van der Waals surface area contributed by atoms with E-state index in [1.807, 2.05) is 7.11 Å². The summed E-state index contributed by atoms with van der Waals surface area (Å²) in [6.45, 7) is 9.03. The Balaban J connectivity index is 2.81. The minimum atomic E-state index is -0.0301. The molecule has 0 saturated carbocycles. The third-order valence-corrected chi connectivity index (χ3v) is 3.62. The number of hydrogen-bond acceptors (Lipinski definition) is 3. The van der Waals surface area contributed by atoms with Crippen molar-refractivity contribution in [1.82, 2.24) is 5.01 Å². The minimum absolute atomic E-state index is 0.0301. The highest BCUT2D eigenvalue weighted by molar-refractivity contribution is 5.23. The second-order valence-electron chi connectivity index (χ2n) is 3.94. The van der Waals surface area contributed by atoms with E-state index < -0.39 is 0 Å². The average molecular weight is 198 g/mol. The van der Waals surface area contributed by atoms with Crippen LogP contribution >= 0.6 is 0 Å². The van der Waals surface area contributed by atoms with E-state index in [9.17, 15) is 0 Å². The Bertz CT molecular complexity index is 181. The zero-order valence-corrected chi connectivity index (χ0v) is 9.62. The van der Waals surface area contributed by atoms with Crippen molar-refractivity contribution in [3.05, 3.63) is 0 Å². The number of hydrogen-bond donors (Lipinski definition) is 0. The molecule has 1 aliphatic rings. The van der Waals surface area contributed by atoms with Crippen molar-refractivity contribution >= 4 is 6.72 Å². The van der Waals surface area contributed by atoms with Gasteiger partial charge in [0.1, 0.15) is 0 Å². The molecule has 3 heteroatoms. The normalized spacial score (nSPS) is 22.8. The van der Waals surface area contributed by atoms with Crippen molar-refractivity contribution in [2.24, 2.45) is 5.10 Å². The zero-order chi connectivity index (χ0) is 10.6. The molecule has 1 rings (SSSR count). The summed E-state index contributed by atoms with van der Waals surface area (Å²) in [4.78, 5) is 0. The highest BCUT2D eigenvalue weighted by atomic mass is 16.5. The smallest absolute Gasteiger partial charge is 0.0892 e. The van der Waals surface area contributed by atoms with Crippen molar-refractivity contribution in [2.45, 2.75) is 51.2 Å². The van der Waals surface area contributed by atoms with E-state index in [0.29, 0.717) is 6.04 Å². The Morgan fingerprint density at radius 2 is 2.14 bits per heavy atom. The summed E-state index contributed by atoms with van der Waals surface area (Å²) in [5.74, 6) is 0. The number of rotatable bonds is 5. The van der Waals surface area contributed by atoms with Crippen LogP contribution in [0.4, 0.5) is 0 Å². The molecule has 0 bridgehead atoms. The van der Waals surface area contributed by atoms with Crippen molar-refractivity contribution < 1.29 is 4.74 Å². The van der Waals surface area contributed by atoms with Crippen LogP contribution in [0.15, 0.2) is 5.10 Å². The van der Waals surface area contributed by atoms with E-state index in [4.69, 9.17) is 4.74 Å². The molecule has 0 aromatic rings. The lowest BCUT2D eigenvalue weighted by molar-refractivity contribution is -0.0729. The summed E-state index contributed by atoms with van der Waals surface area (Å²) < 4.78 is 5.72. The van der Waals surface area contributed by atoms with Crippen LogP contribution in [0.3, 0.4) is 0 Å². The van der Waals surface area contributed by atoms with Crippen LogP contribution in [0.1, 0.15) is 39.5 Å². The molecular formula is C11H22N2O. The van der Waals surface area contributed by atoms with Gasteiger partial charge in [0.15, 0.2) is 0 Å². The maximum atomic E-state index is 5.72. The van der Waals surface area contributed by atoms with Crippen molar-refractivity contribution in [1.29, 1.82) is 0 Å². The first-order valence-electron chi connectivity index (χ1n) is 5.52. The summed E-state index contributed by atoms with van der Waals surface area (Å²) in [7, 11) is 1.81. The molecule has 3 nitrogen and oxygen atoms in total. The van der Waals surface area contributed by atoms with Gasteiger partial charge in [0.05, 0.1) is 11.6 Å². The van der Waals surface area contributed by atoms with Gasteiger partial charge < -0.3 is 4.74 Å². The molecule has 0 N–H and O–H groups in total. The molecule has 0 aromatic heterocycles. The van der Waals surface area contributed by atoms with Gasteiger partial charge in [-0.2, -0.15) is 5.10 Å². The summed E-state index contributed by atoms with van der Waals surface area (Å²) >= 11 is 0. The predicted octanol–water partition coefficient (Wildman–Crippen LogP) is 2.27. The van der Waals surface area contributed by atoms with Crippen LogP contribution in [-0.2, 0) is 4.74 Å². The van der Waals surface area contributed by atoms with E-state index >= 15 is 0 Å². The summed E-state index contributed by atoms with van der Waals surface area (Å²) in [5, 5.41) is 6.18. The van der Waals surface area contributed by atoms with Gasteiger partial charge in [-0.3, -0.25) is 5.01 Å².